The largest absolute Gasteiger partial charge is 1.00 e. The molecule has 0 spiro atoms. The quantitative estimate of drug-likeness (QED) is 0.116. The number of imide groups is 2. The van der Waals surface area contributed by atoms with Gasteiger partial charge in [-0.3, -0.25) is 29.0 Å². The number of nitrogens with zero attached hydrogens (tertiary/aromatic N) is 4. The van der Waals surface area contributed by atoms with E-state index in [0.717, 1.165) is 71.6 Å². The van der Waals surface area contributed by atoms with Gasteiger partial charge >= 0.3 is 0 Å². The van der Waals surface area contributed by atoms with Crippen LogP contribution in [0.3, 0.4) is 0 Å². The number of halogens is 2. The number of hydrogen-bond donors (Lipinski definition) is 0. The van der Waals surface area contributed by atoms with Crippen LogP contribution in [-0.2, 0) is 0 Å². The molecule has 0 atom stereocenters. The van der Waals surface area contributed by atoms with Crippen LogP contribution < -0.4 is 34.0 Å². The highest BCUT2D eigenvalue weighted by Gasteiger charge is 2.35. The maximum absolute atomic E-state index is 13.2. The third-order valence-electron chi connectivity index (χ3n) is 9.30. The SMILES string of the molecule is C[N+](C)(CCCCCC[N+](C)(C)CCCN1C(=O)c2cccc3cccc(c23)C1=O)CCCN1C(=O)c2ccccc2C1=O.[Br-].[Br-]. The van der Waals surface area contributed by atoms with Gasteiger partial charge < -0.3 is 42.9 Å². The second-order valence-electron chi connectivity index (χ2n) is 13.7. The number of benzene rings is 3. The summed E-state index contributed by atoms with van der Waals surface area (Å²) in [5.41, 5.74) is 2.28. The number of fused-ring (bicyclic) bond motifs is 1. The summed E-state index contributed by atoms with van der Waals surface area (Å²) in [6.45, 7) is 4.84. The van der Waals surface area contributed by atoms with Crippen molar-refractivity contribution in [2.75, 3.05) is 67.5 Å². The number of rotatable bonds is 15. The average molecular weight is 759 g/mol. The first-order valence-electron chi connectivity index (χ1n) is 16.0. The highest BCUT2D eigenvalue weighted by molar-refractivity contribution is 6.25. The van der Waals surface area contributed by atoms with E-state index in [1.807, 2.05) is 36.4 Å². The molecule has 5 rings (SSSR count). The Morgan fingerprint density at radius 2 is 0.804 bits per heavy atom. The lowest BCUT2D eigenvalue weighted by atomic mass is 9.94. The second kappa shape index (κ2) is 15.8. The van der Waals surface area contributed by atoms with Crippen molar-refractivity contribution in [2.45, 2.75) is 38.5 Å². The standard InChI is InChI=1S/C36H46N4O4.2BrH/c1-39(2,25-13-21-37-33(41)28-17-7-8-18-29(28)34(37)42)23-9-5-6-10-24-40(3,4)26-14-22-38-35(43)30-19-11-15-27-16-12-20-31(32(27)30)36(38)44;;/h7-8,11-12,15-20H,5-6,9-10,13-14,21-26H2,1-4H3;2*1H/q+2;;/p-2. The Labute approximate surface area is 294 Å². The van der Waals surface area contributed by atoms with Crippen LogP contribution in [0.2, 0.25) is 0 Å². The van der Waals surface area contributed by atoms with Crippen LogP contribution in [-0.4, -0.2) is 110 Å². The highest BCUT2D eigenvalue weighted by atomic mass is 79.9. The normalized spacial score (nSPS) is 14.4. The molecule has 0 unspecified atom stereocenters. The van der Waals surface area contributed by atoms with Crippen molar-refractivity contribution in [1.29, 1.82) is 0 Å². The molecular weight excluding hydrogens is 712 g/mol. The summed E-state index contributed by atoms with van der Waals surface area (Å²) < 4.78 is 1.74. The van der Waals surface area contributed by atoms with E-state index in [-0.39, 0.29) is 57.6 Å². The zero-order valence-electron chi connectivity index (χ0n) is 27.4. The molecule has 46 heavy (non-hydrogen) atoms. The summed E-state index contributed by atoms with van der Waals surface area (Å²) >= 11 is 0. The molecule has 0 radical (unpaired) electrons. The maximum atomic E-state index is 13.2. The van der Waals surface area contributed by atoms with Crippen molar-refractivity contribution in [3.63, 3.8) is 0 Å². The van der Waals surface area contributed by atoms with Gasteiger partial charge in [-0.15, -0.1) is 0 Å². The van der Waals surface area contributed by atoms with Crippen molar-refractivity contribution >= 4 is 34.4 Å². The van der Waals surface area contributed by atoms with Gasteiger partial charge in [-0.2, -0.15) is 0 Å². The minimum atomic E-state index is -0.186. The monoisotopic (exact) mass is 756 g/mol. The summed E-state index contributed by atoms with van der Waals surface area (Å²) in [6, 6.07) is 18.4. The van der Waals surface area contributed by atoms with E-state index in [2.05, 4.69) is 28.2 Å². The van der Waals surface area contributed by atoms with E-state index >= 15 is 0 Å². The fourth-order valence-corrected chi connectivity index (χ4v) is 6.70. The van der Waals surface area contributed by atoms with Gasteiger partial charge in [0.25, 0.3) is 23.6 Å². The minimum Gasteiger partial charge on any atom is -1.00 e. The first kappa shape index (κ1) is 37.5. The van der Waals surface area contributed by atoms with Gasteiger partial charge in [0.05, 0.1) is 65.5 Å². The molecule has 2 aliphatic rings. The smallest absolute Gasteiger partial charge is 0.261 e. The van der Waals surface area contributed by atoms with Crippen LogP contribution >= 0.6 is 0 Å². The van der Waals surface area contributed by atoms with Crippen LogP contribution in [0.25, 0.3) is 10.8 Å². The Balaban J connectivity index is 0.00000288. The topological polar surface area (TPSA) is 74.8 Å². The average Bonchev–Trinajstić information content (AvgIpc) is 3.24. The molecule has 10 heteroatoms. The fourth-order valence-electron chi connectivity index (χ4n) is 6.70. The van der Waals surface area contributed by atoms with Gasteiger partial charge in [-0.05, 0) is 55.3 Å². The Morgan fingerprint density at radius 1 is 0.457 bits per heavy atom. The summed E-state index contributed by atoms with van der Waals surface area (Å²) in [5.74, 6) is -0.715. The number of amides is 4. The van der Waals surface area contributed by atoms with Crippen LogP contribution in [0.5, 0.6) is 0 Å². The number of hydrogen-bond acceptors (Lipinski definition) is 4. The molecule has 3 aromatic rings. The third kappa shape index (κ3) is 8.32. The van der Waals surface area contributed by atoms with Crippen LogP contribution in [0.4, 0.5) is 0 Å². The van der Waals surface area contributed by atoms with Crippen molar-refractivity contribution < 1.29 is 62.1 Å². The molecule has 0 saturated carbocycles. The third-order valence-corrected chi connectivity index (χ3v) is 9.30. The predicted molar refractivity (Wildman–Crippen MR) is 173 cm³/mol. The number of carbonyl (C=O) groups is 4. The summed E-state index contributed by atoms with van der Waals surface area (Å²) in [6.07, 6.45) is 6.18. The summed E-state index contributed by atoms with van der Waals surface area (Å²) in [4.78, 5) is 54.4. The number of unbranched alkanes of at least 4 members (excludes halogenated alkanes) is 3. The zero-order chi connectivity index (χ0) is 31.5. The van der Waals surface area contributed by atoms with E-state index in [4.69, 9.17) is 0 Å². The number of carbonyl (C=O) groups excluding carboxylic acids is 4. The van der Waals surface area contributed by atoms with Gasteiger partial charge in [0.1, 0.15) is 0 Å². The highest BCUT2D eigenvalue weighted by Crippen LogP contribution is 2.30. The molecule has 0 aliphatic carbocycles. The van der Waals surface area contributed by atoms with E-state index in [1.54, 1.807) is 24.3 Å². The Bertz CT molecular complexity index is 1500. The molecule has 4 amide bonds. The van der Waals surface area contributed by atoms with Crippen molar-refractivity contribution in [2.24, 2.45) is 0 Å². The van der Waals surface area contributed by atoms with Crippen LogP contribution in [0.15, 0.2) is 60.7 Å². The fraction of sp³-hybridized carbons (Fsp3) is 0.444. The van der Waals surface area contributed by atoms with E-state index < -0.39 is 0 Å². The van der Waals surface area contributed by atoms with E-state index in [0.29, 0.717) is 35.3 Å². The zero-order valence-corrected chi connectivity index (χ0v) is 30.6. The molecule has 8 nitrogen and oxygen atoms in total. The Kier molecular flexibility index (Phi) is 12.9. The lowest BCUT2D eigenvalue weighted by Crippen LogP contribution is -3.00. The van der Waals surface area contributed by atoms with Gasteiger partial charge in [0, 0.05) is 42.4 Å². The van der Waals surface area contributed by atoms with Crippen molar-refractivity contribution in [3.05, 3.63) is 82.9 Å². The van der Waals surface area contributed by atoms with Gasteiger partial charge in [0.15, 0.2) is 0 Å². The van der Waals surface area contributed by atoms with E-state index in [1.165, 1.54) is 22.6 Å². The second-order valence-corrected chi connectivity index (χ2v) is 13.7. The first-order chi connectivity index (χ1) is 21.0. The molecule has 0 N–H and O–H groups in total. The minimum absolute atomic E-state index is 0. The predicted octanol–water partition coefficient (Wildman–Crippen LogP) is -0.767. The van der Waals surface area contributed by atoms with Crippen LogP contribution in [0.1, 0.15) is 80.0 Å². The van der Waals surface area contributed by atoms with Gasteiger partial charge in [0.2, 0.25) is 0 Å². The molecule has 248 valence electrons. The summed E-state index contributed by atoms with van der Waals surface area (Å²) in [7, 11) is 8.90. The van der Waals surface area contributed by atoms with Crippen LogP contribution in [0, 0.1) is 0 Å². The summed E-state index contributed by atoms with van der Waals surface area (Å²) in [5, 5.41) is 1.71. The molecule has 0 fully saturated rings. The molecule has 0 bridgehead atoms. The first-order valence-corrected chi connectivity index (χ1v) is 16.0. The Hall–Kier alpha value is -2.92. The van der Waals surface area contributed by atoms with Gasteiger partial charge in [-0.25, -0.2) is 0 Å². The van der Waals surface area contributed by atoms with Crippen molar-refractivity contribution in [1.82, 2.24) is 9.80 Å². The molecule has 2 heterocycles. The molecule has 0 aromatic heterocycles. The molecular formula is C36H46Br2N4O4. The lowest BCUT2D eigenvalue weighted by molar-refractivity contribution is -0.891. The van der Waals surface area contributed by atoms with Crippen molar-refractivity contribution in [3.8, 4) is 0 Å². The Morgan fingerprint density at radius 3 is 1.22 bits per heavy atom. The van der Waals surface area contributed by atoms with Gasteiger partial charge in [-0.1, -0.05) is 36.4 Å². The molecule has 3 aromatic carbocycles. The number of quaternary nitrogens is 2. The molecule has 0 saturated heterocycles. The molecule has 2 aliphatic heterocycles. The lowest BCUT2D eigenvalue weighted by Gasteiger charge is -2.32. The van der Waals surface area contributed by atoms with E-state index in [9.17, 15) is 19.2 Å². The maximum Gasteiger partial charge on any atom is 0.261 e.